The van der Waals surface area contributed by atoms with Crippen LogP contribution in [-0.2, 0) is 39.0 Å². The van der Waals surface area contributed by atoms with Crippen LogP contribution in [0.5, 0.6) is 5.88 Å². The number of ether oxygens (including phenoxy) is 1. The summed E-state index contributed by atoms with van der Waals surface area (Å²) in [6, 6.07) is 13.1. The first-order valence-electron chi connectivity index (χ1n) is 17.5. The number of anilines is 2. The summed E-state index contributed by atoms with van der Waals surface area (Å²) in [7, 11) is -6.10. The normalized spacial score (nSPS) is 16.3. The SMILES string of the molecule is Cc1nc(OS(=O)(=O)C(F)(F)F)c(-c2ccc3c(c2)CCN(c2ncnc4c2oc2ccccc24)C3)c(N2CCC(C)(C)CC2)c1CC(=O)OC(C)C. The molecule has 7 rings (SSSR count). The Bertz CT molecular complexity index is 2330. The van der Waals surface area contributed by atoms with Crippen molar-refractivity contribution in [2.45, 2.75) is 78.5 Å². The molecule has 0 atom stereocenters. The van der Waals surface area contributed by atoms with E-state index in [2.05, 4.69) is 33.7 Å². The lowest BCUT2D eigenvalue weighted by atomic mass is 9.82. The Morgan fingerprint density at radius 1 is 1.02 bits per heavy atom. The first-order chi connectivity index (χ1) is 25.0. The molecule has 5 heterocycles. The van der Waals surface area contributed by atoms with Gasteiger partial charge < -0.3 is 23.1 Å². The Kier molecular flexibility index (Phi) is 9.28. The van der Waals surface area contributed by atoms with Crippen molar-refractivity contribution in [1.82, 2.24) is 15.0 Å². The molecule has 0 N–H and O–H groups in total. The van der Waals surface area contributed by atoms with E-state index in [9.17, 15) is 26.4 Å². The van der Waals surface area contributed by atoms with E-state index in [1.54, 1.807) is 19.9 Å². The molecule has 53 heavy (non-hydrogen) atoms. The third kappa shape index (κ3) is 7.10. The monoisotopic (exact) mass is 751 g/mol. The van der Waals surface area contributed by atoms with Crippen LogP contribution in [0.4, 0.5) is 24.7 Å². The molecule has 0 radical (unpaired) electrons. The number of carbonyl (C=O) groups is 1. The number of furan rings is 1. The van der Waals surface area contributed by atoms with E-state index in [0.717, 1.165) is 29.4 Å². The number of aryl methyl sites for hydroxylation is 1. The van der Waals surface area contributed by atoms with Gasteiger partial charge >= 0.3 is 21.6 Å². The van der Waals surface area contributed by atoms with Crippen LogP contribution in [0.25, 0.3) is 33.2 Å². The Labute approximate surface area is 305 Å². The third-order valence-electron chi connectivity index (χ3n) is 9.98. The van der Waals surface area contributed by atoms with Gasteiger partial charge in [0.1, 0.15) is 17.4 Å². The molecule has 1 fully saturated rings. The summed E-state index contributed by atoms with van der Waals surface area (Å²) < 4.78 is 83.0. The molecule has 1 saturated heterocycles. The first kappa shape index (κ1) is 36.4. The maximum atomic E-state index is 13.8. The number of hydrogen-bond acceptors (Lipinski definition) is 11. The van der Waals surface area contributed by atoms with E-state index in [1.807, 2.05) is 41.3 Å². The van der Waals surface area contributed by atoms with Crippen molar-refractivity contribution in [1.29, 1.82) is 0 Å². The minimum absolute atomic E-state index is 0.00371. The van der Waals surface area contributed by atoms with Crippen LogP contribution in [0.1, 0.15) is 62.9 Å². The lowest BCUT2D eigenvalue weighted by molar-refractivity contribution is -0.146. The summed E-state index contributed by atoms with van der Waals surface area (Å²) in [6.07, 6.45) is 2.92. The zero-order valence-corrected chi connectivity index (χ0v) is 30.9. The highest BCUT2D eigenvalue weighted by atomic mass is 32.2. The topological polar surface area (TPSA) is 128 Å². The number of fused-ring (bicyclic) bond motifs is 4. The number of carbonyl (C=O) groups excluding carboxylic acids is 1. The smallest absolute Gasteiger partial charge is 0.463 e. The summed E-state index contributed by atoms with van der Waals surface area (Å²) >= 11 is 0. The largest absolute Gasteiger partial charge is 0.534 e. The van der Waals surface area contributed by atoms with Gasteiger partial charge in [-0.25, -0.2) is 15.0 Å². The molecular formula is C38H40F3N5O6S. The van der Waals surface area contributed by atoms with Crippen LogP contribution in [0.15, 0.2) is 53.2 Å². The summed E-state index contributed by atoms with van der Waals surface area (Å²) in [5.74, 6) is -0.601. The van der Waals surface area contributed by atoms with E-state index in [4.69, 9.17) is 13.3 Å². The van der Waals surface area contributed by atoms with Crippen molar-refractivity contribution in [3.8, 4) is 17.0 Å². The van der Waals surface area contributed by atoms with Crippen molar-refractivity contribution in [3.05, 3.63) is 71.2 Å². The highest BCUT2D eigenvalue weighted by molar-refractivity contribution is 7.88. The number of benzene rings is 2. The zero-order chi connectivity index (χ0) is 37.9. The second-order valence-electron chi connectivity index (χ2n) is 14.7. The van der Waals surface area contributed by atoms with Gasteiger partial charge in [-0.3, -0.25) is 4.79 Å². The summed E-state index contributed by atoms with van der Waals surface area (Å²) in [6.45, 7) is 11.3. The molecule has 11 nitrogen and oxygen atoms in total. The molecule has 2 aliphatic rings. The van der Waals surface area contributed by atoms with E-state index >= 15 is 0 Å². The van der Waals surface area contributed by atoms with Crippen LogP contribution < -0.4 is 14.0 Å². The van der Waals surface area contributed by atoms with Crippen molar-refractivity contribution < 1.29 is 39.7 Å². The quantitative estimate of drug-likeness (QED) is 0.0881. The number of halogens is 3. The number of para-hydroxylation sites is 1. The highest BCUT2D eigenvalue weighted by Gasteiger charge is 2.49. The second-order valence-corrected chi connectivity index (χ2v) is 16.2. The standard InChI is InChI=1S/C38H40F3N5O6S/c1-22(2)50-30(47)19-28-23(3)44-36(52-53(48,49)38(39,40)41)31(33(28)45-16-13-37(4,5)14-17-45)25-10-11-26-20-46(15-12-24(26)18-25)35-34-32(42-21-43-35)27-8-6-7-9-29(27)51-34/h6-11,18,21-22H,12-17,19-20H2,1-5H3. The Hall–Kier alpha value is -4.92. The Morgan fingerprint density at radius 3 is 2.47 bits per heavy atom. The van der Waals surface area contributed by atoms with Crippen LogP contribution in [0.3, 0.4) is 0 Å². The maximum absolute atomic E-state index is 13.8. The average Bonchev–Trinajstić information content (AvgIpc) is 3.47. The molecule has 0 bridgehead atoms. The number of aromatic nitrogens is 3. The number of pyridine rings is 1. The fraction of sp³-hybridized carbons (Fsp3) is 0.421. The van der Waals surface area contributed by atoms with Gasteiger partial charge in [-0.05, 0) is 74.3 Å². The van der Waals surface area contributed by atoms with Gasteiger partial charge in [0.25, 0.3) is 0 Å². The van der Waals surface area contributed by atoms with Crippen LogP contribution in [0.2, 0.25) is 0 Å². The number of nitrogens with zero attached hydrogens (tertiary/aromatic N) is 5. The van der Waals surface area contributed by atoms with Gasteiger partial charge in [-0.2, -0.15) is 21.6 Å². The molecule has 15 heteroatoms. The molecule has 2 aliphatic heterocycles. The number of alkyl halides is 3. The number of rotatable bonds is 8. The fourth-order valence-electron chi connectivity index (χ4n) is 7.14. The molecule has 2 aromatic carbocycles. The maximum Gasteiger partial charge on any atom is 0.534 e. The van der Waals surface area contributed by atoms with Gasteiger partial charge in [0.2, 0.25) is 5.88 Å². The highest BCUT2D eigenvalue weighted by Crippen LogP contribution is 2.46. The summed E-state index contributed by atoms with van der Waals surface area (Å²) in [5, 5.41) is 0.885. The molecule has 0 saturated carbocycles. The summed E-state index contributed by atoms with van der Waals surface area (Å²) in [4.78, 5) is 30.5. The fourth-order valence-corrected chi connectivity index (χ4v) is 7.57. The van der Waals surface area contributed by atoms with Crippen molar-refractivity contribution in [2.24, 2.45) is 5.41 Å². The third-order valence-corrected chi connectivity index (χ3v) is 10.9. The van der Waals surface area contributed by atoms with E-state index < -0.39 is 33.6 Å². The van der Waals surface area contributed by atoms with Gasteiger partial charge in [-0.15, -0.1) is 0 Å². The molecule has 3 aromatic heterocycles. The second kappa shape index (κ2) is 13.5. The molecule has 0 unspecified atom stereocenters. The Morgan fingerprint density at radius 2 is 1.75 bits per heavy atom. The van der Waals surface area contributed by atoms with Crippen LogP contribution in [-0.4, -0.2) is 60.6 Å². The number of esters is 1. The van der Waals surface area contributed by atoms with E-state index in [1.165, 1.54) is 13.3 Å². The predicted octanol–water partition coefficient (Wildman–Crippen LogP) is 7.66. The number of hydrogen-bond donors (Lipinski definition) is 0. The molecule has 5 aromatic rings. The average molecular weight is 752 g/mol. The van der Waals surface area contributed by atoms with Crippen molar-refractivity contribution >= 4 is 49.7 Å². The predicted molar refractivity (Wildman–Crippen MR) is 194 cm³/mol. The molecule has 0 amide bonds. The number of piperidine rings is 1. The molecule has 0 spiro atoms. The lowest BCUT2D eigenvalue weighted by Crippen LogP contribution is -2.38. The first-order valence-corrected chi connectivity index (χ1v) is 18.9. The van der Waals surface area contributed by atoms with E-state index in [-0.39, 0.29) is 23.1 Å². The van der Waals surface area contributed by atoms with Gasteiger partial charge in [0.05, 0.1) is 23.8 Å². The van der Waals surface area contributed by atoms with Gasteiger partial charge in [0.15, 0.2) is 11.4 Å². The minimum Gasteiger partial charge on any atom is -0.463 e. The van der Waals surface area contributed by atoms with Gasteiger partial charge in [0, 0.05) is 42.8 Å². The van der Waals surface area contributed by atoms with Gasteiger partial charge in [-0.1, -0.05) is 44.2 Å². The molecule has 0 aliphatic carbocycles. The Balaban J connectivity index is 1.34. The van der Waals surface area contributed by atoms with E-state index in [0.29, 0.717) is 71.9 Å². The molecule has 280 valence electrons. The minimum atomic E-state index is -6.10. The van der Waals surface area contributed by atoms with Crippen molar-refractivity contribution in [2.75, 3.05) is 29.4 Å². The lowest BCUT2D eigenvalue weighted by Gasteiger charge is -2.40. The molecular weight excluding hydrogens is 712 g/mol. The summed E-state index contributed by atoms with van der Waals surface area (Å²) in [5.41, 5.74) is -0.364. The van der Waals surface area contributed by atoms with Crippen LogP contribution in [0, 0.1) is 12.3 Å². The van der Waals surface area contributed by atoms with Crippen LogP contribution >= 0.6 is 0 Å². The zero-order valence-electron chi connectivity index (χ0n) is 30.1. The van der Waals surface area contributed by atoms with Crippen molar-refractivity contribution in [3.63, 3.8) is 0 Å².